The van der Waals surface area contributed by atoms with Gasteiger partial charge in [-0.2, -0.15) is 5.26 Å². The summed E-state index contributed by atoms with van der Waals surface area (Å²) in [7, 11) is 0. The number of hydrogen-bond donors (Lipinski definition) is 1. The fraction of sp³-hybridized carbons (Fsp3) is 0.462. The lowest BCUT2D eigenvalue weighted by molar-refractivity contribution is 0.460. The van der Waals surface area contributed by atoms with E-state index in [0.29, 0.717) is 19.5 Å². The monoisotopic (exact) mass is 238 g/mol. The van der Waals surface area contributed by atoms with Gasteiger partial charge in [-0.25, -0.2) is 8.78 Å². The Morgan fingerprint density at radius 1 is 1.29 bits per heavy atom. The van der Waals surface area contributed by atoms with E-state index in [0.717, 1.165) is 11.6 Å². The van der Waals surface area contributed by atoms with E-state index in [4.69, 9.17) is 5.26 Å². The third-order valence-corrected chi connectivity index (χ3v) is 2.68. The minimum Gasteiger partial charge on any atom is -0.315 e. The first-order chi connectivity index (χ1) is 7.97. The molecule has 1 aromatic rings. The van der Waals surface area contributed by atoms with E-state index >= 15 is 0 Å². The molecule has 0 spiro atoms. The van der Waals surface area contributed by atoms with Gasteiger partial charge in [0.15, 0.2) is 11.6 Å². The Kier molecular flexibility index (Phi) is 4.59. The second-order valence-electron chi connectivity index (χ2n) is 4.60. The molecule has 17 heavy (non-hydrogen) atoms. The molecule has 0 atom stereocenters. The number of benzene rings is 1. The number of halogens is 2. The molecule has 1 N–H and O–H groups in total. The molecule has 0 heterocycles. The van der Waals surface area contributed by atoms with Gasteiger partial charge in [0.2, 0.25) is 0 Å². The SMILES string of the molecule is CC(C)(CNCCC#N)c1ccc(F)c(F)c1. The normalized spacial score (nSPS) is 11.2. The number of hydrogen-bond acceptors (Lipinski definition) is 2. The lowest BCUT2D eigenvalue weighted by atomic mass is 9.84. The highest BCUT2D eigenvalue weighted by Gasteiger charge is 2.21. The van der Waals surface area contributed by atoms with Crippen LogP contribution < -0.4 is 5.32 Å². The Bertz CT molecular complexity index is 422. The summed E-state index contributed by atoms with van der Waals surface area (Å²) in [5, 5.41) is 11.5. The van der Waals surface area contributed by atoms with Gasteiger partial charge in [-0.3, -0.25) is 0 Å². The average molecular weight is 238 g/mol. The fourth-order valence-electron chi connectivity index (χ4n) is 1.56. The van der Waals surface area contributed by atoms with Crippen molar-refractivity contribution in [2.24, 2.45) is 0 Å². The zero-order valence-corrected chi connectivity index (χ0v) is 10.1. The third kappa shape index (κ3) is 3.79. The van der Waals surface area contributed by atoms with E-state index in [9.17, 15) is 8.78 Å². The highest BCUT2D eigenvalue weighted by Crippen LogP contribution is 2.23. The van der Waals surface area contributed by atoms with Gasteiger partial charge in [0.05, 0.1) is 6.07 Å². The van der Waals surface area contributed by atoms with Gasteiger partial charge in [-0.05, 0) is 17.7 Å². The van der Waals surface area contributed by atoms with Crippen LogP contribution in [-0.4, -0.2) is 13.1 Å². The predicted molar refractivity (Wildman–Crippen MR) is 62.5 cm³/mol. The van der Waals surface area contributed by atoms with Crippen molar-refractivity contribution in [3.05, 3.63) is 35.4 Å². The molecular weight excluding hydrogens is 222 g/mol. The van der Waals surface area contributed by atoms with Crippen LogP contribution in [0.2, 0.25) is 0 Å². The van der Waals surface area contributed by atoms with Gasteiger partial charge in [0, 0.05) is 24.9 Å². The summed E-state index contributed by atoms with van der Waals surface area (Å²) >= 11 is 0. The molecule has 0 fully saturated rings. The lowest BCUT2D eigenvalue weighted by Gasteiger charge is -2.25. The van der Waals surface area contributed by atoms with Crippen molar-refractivity contribution >= 4 is 0 Å². The van der Waals surface area contributed by atoms with E-state index in [2.05, 4.69) is 5.32 Å². The van der Waals surface area contributed by atoms with Crippen molar-refractivity contribution < 1.29 is 8.78 Å². The molecule has 0 aliphatic heterocycles. The molecule has 0 aliphatic carbocycles. The Morgan fingerprint density at radius 2 is 2.00 bits per heavy atom. The molecule has 0 saturated heterocycles. The van der Waals surface area contributed by atoms with E-state index in [-0.39, 0.29) is 5.41 Å². The van der Waals surface area contributed by atoms with Crippen molar-refractivity contribution in [1.82, 2.24) is 5.32 Å². The smallest absolute Gasteiger partial charge is 0.159 e. The van der Waals surface area contributed by atoms with E-state index in [1.165, 1.54) is 6.07 Å². The van der Waals surface area contributed by atoms with E-state index in [1.54, 1.807) is 6.07 Å². The average Bonchev–Trinajstić information content (AvgIpc) is 2.28. The van der Waals surface area contributed by atoms with Crippen molar-refractivity contribution in [1.29, 1.82) is 5.26 Å². The lowest BCUT2D eigenvalue weighted by Crippen LogP contribution is -2.33. The van der Waals surface area contributed by atoms with E-state index in [1.807, 2.05) is 19.9 Å². The standard InChI is InChI=1S/C13H16F2N2/c1-13(2,9-17-7-3-6-16)10-4-5-11(14)12(15)8-10/h4-5,8,17H,3,7,9H2,1-2H3. The molecule has 0 unspecified atom stereocenters. The van der Waals surface area contributed by atoms with Crippen LogP contribution in [0.3, 0.4) is 0 Å². The molecule has 0 aromatic heterocycles. The van der Waals surface area contributed by atoms with Crippen LogP contribution in [0.4, 0.5) is 8.78 Å². The number of nitrogens with one attached hydrogen (secondary N) is 1. The zero-order chi connectivity index (χ0) is 12.9. The molecule has 0 aliphatic rings. The Morgan fingerprint density at radius 3 is 2.59 bits per heavy atom. The quantitative estimate of drug-likeness (QED) is 0.801. The van der Waals surface area contributed by atoms with Crippen LogP contribution in [0.25, 0.3) is 0 Å². The van der Waals surface area contributed by atoms with Gasteiger partial charge < -0.3 is 5.32 Å². The van der Waals surface area contributed by atoms with Crippen LogP contribution in [0, 0.1) is 23.0 Å². The van der Waals surface area contributed by atoms with Gasteiger partial charge >= 0.3 is 0 Å². The minimum absolute atomic E-state index is 0.302. The molecule has 0 saturated carbocycles. The number of nitrogens with zero attached hydrogens (tertiary/aromatic N) is 1. The van der Waals surface area contributed by atoms with Crippen molar-refractivity contribution in [3.8, 4) is 6.07 Å². The van der Waals surface area contributed by atoms with Gasteiger partial charge in [0.1, 0.15) is 0 Å². The van der Waals surface area contributed by atoms with E-state index < -0.39 is 11.6 Å². The number of rotatable bonds is 5. The minimum atomic E-state index is -0.831. The van der Waals surface area contributed by atoms with Crippen molar-refractivity contribution in [2.75, 3.05) is 13.1 Å². The van der Waals surface area contributed by atoms with Crippen LogP contribution >= 0.6 is 0 Å². The topological polar surface area (TPSA) is 35.8 Å². The highest BCUT2D eigenvalue weighted by atomic mass is 19.2. The summed E-state index contributed by atoms with van der Waals surface area (Å²) in [6.45, 7) is 5.10. The molecule has 0 bridgehead atoms. The summed E-state index contributed by atoms with van der Waals surface area (Å²) in [6.07, 6.45) is 0.438. The highest BCUT2D eigenvalue weighted by molar-refractivity contribution is 5.25. The van der Waals surface area contributed by atoms with Gasteiger partial charge in [-0.15, -0.1) is 0 Å². The molecule has 2 nitrogen and oxygen atoms in total. The molecule has 0 amide bonds. The maximum atomic E-state index is 13.1. The summed E-state index contributed by atoms with van der Waals surface area (Å²) < 4.78 is 25.9. The summed E-state index contributed by atoms with van der Waals surface area (Å²) in [6, 6.07) is 5.99. The maximum Gasteiger partial charge on any atom is 0.159 e. The Hall–Kier alpha value is -1.47. The van der Waals surface area contributed by atoms with Crippen molar-refractivity contribution in [2.45, 2.75) is 25.7 Å². The number of nitriles is 1. The molecule has 1 aromatic carbocycles. The second kappa shape index (κ2) is 5.74. The molecule has 1 rings (SSSR count). The molecule has 0 radical (unpaired) electrons. The Labute approximate surface area is 100 Å². The molecule has 4 heteroatoms. The summed E-state index contributed by atoms with van der Waals surface area (Å²) in [4.78, 5) is 0. The maximum absolute atomic E-state index is 13.1. The Balaban J connectivity index is 2.68. The first-order valence-corrected chi connectivity index (χ1v) is 5.50. The first-order valence-electron chi connectivity index (χ1n) is 5.50. The third-order valence-electron chi connectivity index (χ3n) is 2.68. The van der Waals surface area contributed by atoms with Crippen molar-refractivity contribution in [3.63, 3.8) is 0 Å². The van der Waals surface area contributed by atoms with Gasteiger partial charge in [-0.1, -0.05) is 19.9 Å². The molecule has 92 valence electrons. The molecular formula is C13H16F2N2. The van der Waals surface area contributed by atoms with Crippen LogP contribution in [0.15, 0.2) is 18.2 Å². The van der Waals surface area contributed by atoms with Crippen LogP contribution in [0.1, 0.15) is 25.8 Å². The van der Waals surface area contributed by atoms with Gasteiger partial charge in [0.25, 0.3) is 0 Å². The largest absolute Gasteiger partial charge is 0.315 e. The summed E-state index contributed by atoms with van der Waals surface area (Å²) in [5.74, 6) is -1.66. The van der Waals surface area contributed by atoms with Crippen LogP contribution in [-0.2, 0) is 5.41 Å². The second-order valence-corrected chi connectivity index (χ2v) is 4.60. The first kappa shape index (κ1) is 13.6. The zero-order valence-electron chi connectivity index (χ0n) is 10.1. The fourth-order valence-corrected chi connectivity index (χ4v) is 1.56. The predicted octanol–water partition coefficient (Wildman–Crippen LogP) is 2.75. The van der Waals surface area contributed by atoms with Crippen LogP contribution in [0.5, 0.6) is 0 Å². The summed E-state index contributed by atoms with van der Waals surface area (Å²) in [5.41, 5.74) is 0.435.